The first-order valence-electron chi connectivity index (χ1n) is 9.11. The van der Waals surface area contributed by atoms with Gasteiger partial charge in [-0.2, -0.15) is 0 Å². The number of nitrogens with zero attached hydrogens (tertiary/aromatic N) is 2. The highest BCUT2D eigenvalue weighted by atomic mass is 16.1. The van der Waals surface area contributed by atoms with Gasteiger partial charge in [-0.05, 0) is 38.3 Å². The molecule has 0 aliphatic heterocycles. The molecule has 0 radical (unpaired) electrons. The van der Waals surface area contributed by atoms with Crippen LogP contribution in [0.2, 0.25) is 0 Å². The normalized spacial score (nSPS) is 15.4. The Hall–Kier alpha value is -2.43. The van der Waals surface area contributed by atoms with Crippen molar-refractivity contribution in [1.29, 1.82) is 0 Å². The average Bonchev–Trinajstić information content (AvgIpc) is 2.85. The Kier molecular flexibility index (Phi) is 5.64. The average molecular weight is 338 g/mol. The minimum atomic E-state index is -0.205. The molecule has 1 aromatic carbocycles. The summed E-state index contributed by atoms with van der Waals surface area (Å²) in [5.41, 5.74) is 2.23. The highest BCUT2D eigenvalue weighted by Gasteiger charge is 2.15. The summed E-state index contributed by atoms with van der Waals surface area (Å²) < 4.78 is 0. The number of amides is 1. The van der Waals surface area contributed by atoms with Gasteiger partial charge in [-0.25, -0.2) is 9.97 Å². The Balaban J connectivity index is 1.74. The number of para-hydroxylation sites is 1. The summed E-state index contributed by atoms with van der Waals surface area (Å²) in [5.74, 6) is 1.15. The summed E-state index contributed by atoms with van der Waals surface area (Å²) in [7, 11) is 0. The summed E-state index contributed by atoms with van der Waals surface area (Å²) >= 11 is 0. The summed E-state index contributed by atoms with van der Waals surface area (Å²) in [6, 6.07) is 9.92. The fourth-order valence-electron chi connectivity index (χ4n) is 3.29. The first kappa shape index (κ1) is 17.4. The number of benzene rings is 1. The largest absolute Gasteiger partial charge is 0.367 e. The van der Waals surface area contributed by atoms with E-state index in [1.54, 1.807) is 6.07 Å². The second kappa shape index (κ2) is 8.10. The number of carbonyl (C=O) groups excluding carboxylic acids is 1. The summed E-state index contributed by atoms with van der Waals surface area (Å²) in [6.07, 6.45) is 7.45. The monoisotopic (exact) mass is 338 g/mol. The fourth-order valence-corrected chi connectivity index (χ4v) is 3.29. The van der Waals surface area contributed by atoms with Gasteiger partial charge in [0.2, 0.25) is 0 Å². The number of hydrogen-bond donors (Lipinski definition) is 2. The van der Waals surface area contributed by atoms with Gasteiger partial charge >= 0.3 is 0 Å². The highest BCUT2D eigenvalue weighted by molar-refractivity contribution is 6.03. The molecule has 0 bridgehead atoms. The Morgan fingerprint density at radius 3 is 2.48 bits per heavy atom. The number of anilines is 2. The molecule has 1 aliphatic carbocycles. The van der Waals surface area contributed by atoms with Crippen molar-refractivity contribution in [3.63, 3.8) is 0 Å². The number of aryl methyl sites for hydroxylation is 2. The summed E-state index contributed by atoms with van der Waals surface area (Å²) in [5, 5.41) is 6.44. The lowest BCUT2D eigenvalue weighted by atomic mass is 10.1. The molecule has 0 saturated heterocycles. The zero-order valence-corrected chi connectivity index (χ0v) is 15.0. The van der Waals surface area contributed by atoms with Crippen molar-refractivity contribution >= 4 is 17.4 Å². The molecule has 1 amide bonds. The van der Waals surface area contributed by atoms with Crippen LogP contribution >= 0.6 is 0 Å². The van der Waals surface area contributed by atoms with Crippen molar-refractivity contribution < 1.29 is 4.79 Å². The fraction of sp³-hybridized carbons (Fsp3) is 0.450. The Morgan fingerprint density at radius 1 is 1.04 bits per heavy atom. The minimum Gasteiger partial charge on any atom is -0.367 e. The smallest absolute Gasteiger partial charge is 0.274 e. The van der Waals surface area contributed by atoms with Crippen LogP contribution in [0.15, 0.2) is 30.3 Å². The first-order chi connectivity index (χ1) is 12.1. The predicted octanol–water partition coefficient (Wildman–Crippen LogP) is 4.48. The van der Waals surface area contributed by atoms with Crippen LogP contribution in [0, 0.1) is 13.8 Å². The molecule has 5 nitrogen and oxygen atoms in total. The number of nitrogens with one attached hydrogen (secondary N) is 2. The van der Waals surface area contributed by atoms with Gasteiger partial charge in [-0.1, -0.05) is 43.9 Å². The first-order valence-corrected chi connectivity index (χ1v) is 9.11. The topological polar surface area (TPSA) is 66.9 Å². The van der Waals surface area contributed by atoms with Gasteiger partial charge in [-0.15, -0.1) is 0 Å². The van der Waals surface area contributed by atoms with E-state index in [1.807, 2.05) is 38.1 Å². The van der Waals surface area contributed by atoms with Crippen LogP contribution in [-0.4, -0.2) is 21.9 Å². The van der Waals surface area contributed by atoms with Crippen LogP contribution in [0.25, 0.3) is 0 Å². The third kappa shape index (κ3) is 4.78. The van der Waals surface area contributed by atoms with Crippen LogP contribution < -0.4 is 10.6 Å². The third-order valence-electron chi connectivity index (χ3n) is 4.67. The zero-order valence-electron chi connectivity index (χ0n) is 15.0. The van der Waals surface area contributed by atoms with Crippen molar-refractivity contribution in [2.45, 2.75) is 58.4 Å². The van der Waals surface area contributed by atoms with Crippen molar-refractivity contribution in [1.82, 2.24) is 9.97 Å². The molecular weight excluding hydrogens is 312 g/mol. The van der Waals surface area contributed by atoms with E-state index < -0.39 is 0 Å². The van der Waals surface area contributed by atoms with E-state index in [-0.39, 0.29) is 5.91 Å². The lowest BCUT2D eigenvalue weighted by molar-refractivity contribution is 0.102. The van der Waals surface area contributed by atoms with Gasteiger partial charge in [0.1, 0.15) is 17.3 Å². The van der Waals surface area contributed by atoms with Crippen LogP contribution in [-0.2, 0) is 0 Å². The standard InChI is InChI=1S/C20H26N4O/c1-14-9-7-8-12-17(14)24-20(25)18-13-19(22-15(2)21-18)23-16-10-5-3-4-6-11-16/h7-9,12-13,16H,3-6,10-11H2,1-2H3,(H,24,25)(H,21,22,23). The molecule has 1 aromatic heterocycles. The molecule has 5 heteroatoms. The lowest BCUT2D eigenvalue weighted by Crippen LogP contribution is -2.21. The molecule has 1 aliphatic rings. The van der Waals surface area contributed by atoms with Gasteiger partial charge in [0.25, 0.3) is 5.91 Å². The molecule has 0 unspecified atom stereocenters. The Labute approximate surface area is 149 Å². The quantitative estimate of drug-likeness (QED) is 0.807. The van der Waals surface area contributed by atoms with E-state index in [0.717, 1.165) is 29.9 Å². The third-order valence-corrected chi connectivity index (χ3v) is 4.67. The molecule has 1 fully saturated rings. The molecule has 25 heavy (non-hydrogen) atoms. The van der Waals surface area contributed by atoms with Gasteiger partial charge in [0.05, 0.1) is 0 Å². The predicted molar refractivity (Wildman–Crippen MR) is 101 cm³/mol. The van der Waals surface area contributed by atoms with Gasteiger partial charge in [0.15, 0.2) is 0 Å². The summed E-state index contributed by atoms with van der Waals surface area (Å²) in [4.78, 5) is 21.4. The zero-order chi connectivity index (χ0) is 17.6. The molecule has 3 rings (SSSR count). The molecule has 0 atom stereocenters. The Morgan fingerprint density at radius 2 is 1.76 bits per heavy atom. The van der Waals surface area contributed by atoms with E-state index in [9.17, 15) is 4.79 Å². The van der Waals surface area contributed by atoms with E-state index in [2.05, 4.69) is 20.6 Å². The molecule has 1 saturated carbocycles. The van der Waals surface area contributed by atoms with Crippen LogP contribution in [0.3, 0.4) is 0 Å². The van der Waals surface area contributed by atoms with Crippen LogP contribution in [0.4, 0.5) is 11.5 Å². The molecule has 0 spiro atoms. The molecule has 132 valence electrons. The SMILES string of the molecule is Cc1nc(NC2CCCCCC2)cc(C(=O)Nc2ccccc2C)n1. The number of carbonyl (C=O) groups is 1. The molecule has 1 heterocycles. The van der Waals surface area contributed by atoms with Crippen molar-refractivity contribution in [2.75, 3.05) is 10.6 Å². The second-order valence-corrected chi connectivity index (χ2v) is 6.79. The maximum Gasteiger partial charge on any atom is 0.274 e. The number of hydrogen-bond acceptors (Lipinski definition) is 4. The second-order valence-electron chi connectivity index (χ2n) is 6.79. The van der Waals surface area contributed by atoms with E-state index >= 15 is 0 Å². The molecule has 2 aromatic rings. The van der Waals surface area contributed by atoms with Crippen molar-refractivity contribution in [2.24, 2.45) is 0 Å². The lowest BCUT2D eigenvalue weighted by Gasteiger charge is -2.17. The summed E-state index contributed by atoms with van der Waals surface area (Å²) in [6.45, 7) is 3.79. The minimum absolute atomic E-state index is 0.205. The van der Waals surface area contributed by atoms with Gasteiger partial charge in [0, 0.05) is 17.8 Å². The number of rotatable bonds is 4. The van der Waals surface area contributed by atoms with Crippen molar-refractivity contribution in [3.8, 4) is 0 Å². The van der Waals surface area contributed by atoms with E-state index in [1.165, 1.54) is 25.7 Å². The molecular formula is C20H26N4O. The van der Waals surface area contributed by atoms with Crippen molar-refractivity contribution in [3.05, 3.63) is 47.4 Å². The maximum absolute atomic E-state index is 12.6. The van der Waals surface area contributed by atoms with Crippen LogP contribution in [0.1, 0.15) is 60.4 Å². The molecule has 2 N–H and O–H groups in total. The van der Waals surface area contributed by atoms with Gasteiger partial charge < -0.3 is 10.6 Å². The number of aromatic nitrogens is 2. The highest BCUT2D eigenvalue weighted by Crippen LogP contribution is 2.21. The maximum atomic E-state index is 12.6. The van der Waals surface area contributed by atoms with E-state index in [4.69, 9.17) is 0 Å². The van der Waals surface area contributed by atoms with Crippen LogP contribution in [0.5, 0.6) is 0 Å². The van der Waals surface area contributed by atoms with E-state index in [0.29, 0.717) is 17.6 Å². The Bertz CT molecular complexity index is 736. The van der Waals surface area contributed by atoms with Gasteiger partial charge in [-0.3, -0.25) is 4.79 Å².